The summed E-state index contributed by atoms with van der Waals surface area (Å²) >= 11 is 0. The van der Waals surface area contributed by atoms with Crippen LogP contribution in [0.4, 0.5) is 19.3 Å². The average molecular weight is 415 g/mol. The Labute approximate surface area is 170 Å². The molecule has 0 unspecified atom stereocenters. The molecule has 0 bridgehead atoms. The summed E-state index contributed by atoms with van der Waals surface area (Å²) in [5, 5.41) is 8.75. The molecule has 0 radical (unpaired) electrons. The molecule has 1 aromatic heterocycles. The van der Waals surface area contributed by atoms with Gasteiger partial charge in [0.05, 0.1) is 5.69 Å². The Bertz CT molecular complexity index is 1030. The highest BCUT2D eigenvalue weighted by atomic mass is 19.1. The lowest BCUT2D eigenvalue weighted by atomic mass is 10.2. The first-order valence-electron chi connectivity index (χ1n) is 9.04. The van der Waals surface area contributed by atoms with Crippen LogP contribution in [0.15, 0.2) is 53.1 Å². The van der Waals surface area contributed by atoms with E-state index in [0.29, 0.717) is 12.6 Å². The molecule has 8 nitrogen and oxygen atoms in total. The van der Waals surface area contributed by atoms with Crippen LogP contribution in [0.2, 0.25) is 0 Å². The van der Waals surface area contributed by atoms with Crippen molar-refractivity contribution in [2.45, 2.75) is 13.0 Å². The molecule has 2 aromatic carbocycles. The van der Waals surface area contributed by atoms with E-state index in [1.807, 2.05) is 30.3 Å². The minimum absolute atomic E-state index is 0.134. The molecule has 10 heteroatoms. The molecule has 30 heavy (non-hydrogen) atoms. The van der Waals surface area contributed by atoms with Gasteiger partial charge in [-0.1, -0.05) is 35.5 Å². The zero-order valence-corrected chi connectivity index (χ0v) is 16.1. The Morgan fingerprint density at radius 1 is 1.13 bits per heavy atom. The van der Waals surface area contributed by atoms with Crippen molar-refractivity contribution in [3.63, 3.8) is 0 Å². The van der Waals surface area contributed by atoms with E-state index >= 15 is 0 Å². The monoisotopic (exact) mass is 415 g/mol. The Morgan fingerprint density at radius 3 is 2.63 bits per heavy atom. The van der Waals surface area contributed by atoms with E-state index in [1.165, 1.54) is 11.9 Å². The van der Waals surface area contributed by atoms with Crippen LogP contribution in [0.5, 0.6) is 0 Å². The Balaban J connectivity index is 1.48. The lowest BCUT2D eigenvalue weighted by molar-refractivity contribution is 0.0907. The number of urea groups is 1. The molecule has 0 aliphatic heterocycles. The number of carbonyl (C=O) groups excluding carboxylic acids is 2. The van der Waals surface area contributed by atoms with Crippen molar-refractivity contribution < 1.29 is 22.9 Å². The first kappa shape index (κ1) is 20.9. The van der Waals surface area contributed by atoms with Gasteiger partial charge in [-0.15, -0.1) is 0 Å². The van der Waals surface area contributed by atoms with Crippen molar-refractivity contribution >= 4 is 17.6 Å². The molecule has 3 aromatic rings. The molecule has 3 amide bonds. The van der Waals surface area contributed by atoms with Crippen LogP contribution < -0.4 is 10.6 Å². The van der Waals surface area contributed by atoms with Crippen molar-refractivity contribution in [3.8, 4) is 0 Å². The van der Waals surface area contributed by atoms with Gasteiger partial charge in [0.15, 0.2) is 5.82 Å². The lowest BCUT2D eigenvalue weighted by Gasteiger charge is -2.17. The van der Waals surface area contributed by atoms with E-state index in [2.05, 4.69) is 20.8 Å². The summed E-state index contributed by atoms with van der Waals surface area (Å²) in [6, 6.07) is 11.6. The molecule has 2 N–H and O–H groups in total. The van der Waals surface area contributed by atoms with Gasteiger partial charge in [0.2, 0.25) is 0 Å². The number of likely N-dealkylation sites (N-methyl/N-ethyl adjacent to an activating group) is 1. The third-order valence-electron chi connectivity index (χ3n) is 4.15. The van der Waals surface area contributed by atoms with E-state index in [0.717, 1.165) is 17.7 Å². The van der Waals surface area contributed by atoms with Gasteiger partial charge in [-0.25, -0.2) is 13.6 Å². The summed E-state index contributed by atoms with van der Waals surface area (Å²) in [5.41, 5.74) is 0.793. The number of carbonyl (C=O) groups is 2. The largest absolute Gasteiger partial charge is 0.344 e. The van der Waals surface area contributed by atoms with Crippen molar-refractivity contribution in [1.29, 1.82) is 0 Å². The summed E-state index contributed by atoms with van der Waals surface area (Å²) in [7, 11) is 1.49. The second-order valence-electron chi connectivity index (χ2n) is 6.41. The van der Waals surface area contributed by atoms with Crippen LogP contribution >= 0.6 is 0 Å². The highest BCUT2D eigenvalue weighted by Gasteiger charge is 2.17. The van der Waals surface area contributed by atoms with E-state index in [9.17, 15) is 18.4 Å². The Kier molecular flexibility index (Phi) is 6.68. The molecule has 0 atom stereocenters. The topological polar surface area (TPSA) is 100 Å². The smallest absolute Gasteiger partial charge is 0.321 e. The highest BCUT2D eigenvalue weighted by Crippen LogP contribution is 2.15. The normalized spacial score (nSPS) is 10.5. The fraction of sp³-hybridized carbons (Fsp3) is 0.200. The number of nitrogens with zero attached hydrogens (tertiary/aromatic N) is 3. The van der Waals surface area contributed by atoms with Crippen LogP contribution in [0.25, 0.3) is 0 Å². The van der Waals surface area contributed by atoms with Gasteiger partial charge < -0.3 is 20.1 Å². The lowest BCUT2D eigenvalue weighted by Crippen LogP contribution is -2.33. The van der Waals surface area contributed by atoms with Gasteiger partial charge in [0.25, 0.3) is 0 Å². The van der Waals surface area contributed by atoms with Crippen LogP contribution in [0, 0.1) is 11.6 Å². The average Bonchev–Trinajstić information content (AvgIpc) is 3.22. The second-order valence-corrected chi connectivity index (χ2v) is 6.41. The summed E-state index contributed by atoms with van der Waals surface area (Å²) in [4.78, 5) is 29.5. The van der Waals surface area contributed by atoms with Gasteiger partial charge in [-0.3, -0.25) is 4.79 Å². The van der Waals surface area contributed by atoms with Crippen molar-refractivity contribution in [1.82, 2.24) is 20.4 Å². The molecule has 0 fully saturated rings. The van der Waals surface area contributed by atoms with E-state index in [-0.39, 0.29) is 30.4 Å². The molecule has 1 heterocycles. The maximum absolute atomic E-state index is 13.6. The summed E-state index contributed by atoms with van der Waals surface area (Å²) in [6.45, 7) is 0.499. The quantitative estimate of drug-likeness (QED) is 0.618. The fourth-order valence-electron chi connectivity index (χ4n) is 2.47. The summed E-state index contributed by atoms with van der Waals surface area (Å²) < 4.78 is 31.5. The molecule has 156 valence electrons. The number of hydrogen-bond donors (Lipinski definition) is 2. The van der Waals surface area contributed by atoms with Crippen LogP contribution in [-0.2, 0) is 13.0 Å². The SMILES string of the molecule is CN(CCc1noc(C(=O)NCc2ccccc2)n1)C(=O)Nc1ccc(F)cc1F. The minimum atomic E-state index is -0.874. The zero-order valence-electron chi connectivity index (χ0n) is 16.1. The Hall–Kier alpha value is -3.82. The van der Waals surface area contributed by atoms with E-state index in [1.54, 1.807) is 0 Å². The van der Waals surface area contributed by atoms with Crippen LogP contribution in [0.3, 0.4) is 0 Å². The van der Waals surface area contributed by atoms with Crippen LogP contribution in [0.1, 0.15) is 22.1 Å². The van der Waals surface area contributed by atoms with E-state index in [4.69, 9.17) is 4.52 Å². The number of rotatable bonds is 7. The second kappa shape index (κ2) is 9.59. The summed E-state index contributed by atoms with van der Waals surface area (Å²) in [6.07, 6.45) is 0.214. The zero-order chi connectivity index (χ0) is 21.5. The Morgan fingerprint density at radius 2 is 1.90 bits per heavy atom. The van der Waals surface area contributed by atoms with Gasteiger partial charge in [-0.2, -0.15) is 4.98 Å². The molecular formula is C20H19F2N5O3. The molecule has 0 saturated heterocycles. The van der Waals surface area contributed by atoms with Gasteiger partial charge in [0, 0.05) is 32.6 Å². The molecule has 0 saturated carbocycles. The molecule has 0 aliphatic rings. The number of benzene rings is 2. The van der Waals surface area contributed by atoms with Crippen molar-refractivity contribution in [2.75, 3.05) is 18.9 Å². The number of anilines is 1. The fourth-order valence-corrected chi connectivity index (χ4v) is 2.47. The molecular weight excluding hydrogens is 396 g/mol. The standard InChI is InChI=1S/C20H19F2N5O3/c1-27(20(29)24-16-8-7-14(21)11-15(16)22)10-9-17-25-19(30-26-17)18(28)23-12-13-5-3-2-4-6-13/h2-8,11H,9-10,12H2,1H3,(H,23,28)(H,24,29). The maximum Gasteiger partial charge on any atom is 0.321 e. The predicted octanol–water partition coefficient (Wildman–Crippen LogP) is 2.98. The first-order valence-corrected chi connectivity index (χ1v) is 9.04. The predicted molar refractivity (Wildman–Crippen MR) is 104 cm³/mol. The third-order valence-corrected chi connectivity index (χ3v) is 4.15. The third kappa shape index (κ3) is 5.60. The summed E-state index contributed by atoms with van der Waals surface area (Å²) in [5.74, 6) is -2.05. The first-order chi connectivity index (χ1) is 14.4. The number of hydrogen-bond acceptors (Lipinski definition) is 5. The van der Waals surface area contributed by atoms with E-state index < -0.39 is 23.6 Å². The molecule has 3 rings (SSSR count). The number of amides is 3. The maximum atomic E-state index is 13.6. The number of aromatic nitrogens is 2. The van der Waals surface area contributed by atoms with Crippen LogP contribution in [-0.4, -0.2) is 40.6 Å². The number of halogens is 2. The molecule has 0 aliphatic carbocycles. The minimum Gasteiger partial charge on any atom is -0.344 e. The van der Waals surface area contributed by atoms with Gasteiger partial charge in [-0.05, 0) is 17.7 Å². The number of nitrogens with one attached hydrogen (secondary N) is 2. The van der Waals surface area contributed by atoms with Crippen molar-refractivity contribution in [2.24, 2.45) is 0 Å². The highest BCUT2D eigenvalue weighted by molar-refractivity contribution is 5.89. The molecule has 0 spiro atoms. The van der Waals surface area contributed by atoms with Gasteiger partial charge >= 0.3 is 17.8 Å². The van der Waals surface area contributed by atoms with Gasteiger partial charge in [0.1, 0.15) is 11.6 Å². The van der Waals surface area contributed by atoms with Crippen molar-refractivity contribution in [3.05, 3.63) is 77.4 Å².